The fraction of sp³-hybridized carbons (Fsp3) is 0.333. The van der Waals surface area contributed by atoms with Crippen LogP contribution in [0.15, 0.2) is 83.9 Å². The Balaban J connectivity index is 1.41. The third-order valence-electron chi connectivity index (χ3n) is 8.42. The summed E-state index contributed by atoms with van der Waals surface area (Å²) in [5, 5.41) is 11.3. The molecule has 1 saturated carbocycles. The number of aromatic amines is 1. The summed E-state index contributed by atoms with van der Waals surface area (Å²) in [4.78, 5) is 45.7. The van der Waals surface area contributed by atoms with Gasteiger partial charge in [-0.25, -0.2) is 9.78 Å². The first-order valence-electron chi connectivity index (χ1n) is 14.0. The number of ether oxygens (including phenoxy) is 1. The third-order valence-corrected chi connectivity index (χ3v) is 8.42. The average molecular weight is 554 g/mol. The maximum atomic E-state index is 14.0. The summed E-state index contributed by atoms with van der Waals surface area (Å²) in [7, 11) is 0. The van der Waals surface area contributed by atoms with Crippen molar-refractivity contribution in [2.24, 2.45) is 29.6 Å². The van der Waals surface area contributed by atoms with Crippen LogP contribution in [-0.4, -0.2) is 31.4 Å². The molecule has 5 rings (SSSR count). The summed E-state index contributed by atoms with van der Waals surface area (Å²) in [6.45, 7) is 6.30. The monoisotopic (exact) mass is 553 g/mol. The summed E-state index contributed by atoms with van der Waals surface area (Å²) in [5.74, 6) is -0.209. The zero-order valence-electron chi connectivity index (χ0n) is 23.5. The number of H-pyrrole nitrogens is 1. The number of benzene rings is 1. The quantitative estimate of drug-likeness (QED) is 0.122. The molecule has 0 bridgehead atoms. The van der Waals surface area contributed by atoms with E-state index in [1.54, 1.807) is 47.6 Å². The molecule has 2 aliphatic carbocycles. The van der Waals surface area contributed by atoms with Gasteiger partial charge in [-0.05, 0) is 68.1 Å². The SMILES string of the molecule is C/C=C/[C@@H]1[C@H]2C[C@@H](C)CC[C@@H]2C(C)=C[C@H]1C(=O)c1c(O)c(-c2ccc(OC(=O)/C=C/n3ccnc3)cc2)c[nH]c1=O. The number of imidazole rings is 1. The maximum absolute atomic E-state index is 14.0. The number of fused-ring (bicyclic) bond motifs is 1. The normalized spacial score (nSPS) is 24.3. The molecule has 0 unspecified atom stereocenters. The second-order valence-electron chi connectivity index (χ2n) is 11.1. The number of allylic oxidation sites excluding steroid dienone is 4. The highest BCUT2D eigenvalue weighted by molar-refractivity contribution is 6.03. The van der Waals surface area contributed by atoms with Gasteiger partial charge in [-0.2, -0.15) is 0 Å². The molecule has 8 nitrogen and oxygen atoms in total. The Morgan fingerprint density at radius 1 is 1.20 bits per heavy atom. The molecule has 0 aliphatic heterocycles. The lowest BCUT2D eigenvalue weighted by Crippen LogP contribution is -2.40. The smallest absolute Gasteiger partial charge is 0.337 e. The molecule has 0 spiro atoms. The van der Waals surface area contributed by atoms with Crippen LogP contribution in [0.1, 0.15) is 50.4 Å². The minimum atomic E-state index is -0.615. The van der Waals surface area contributed by atoms with E-state index in [1.807, 2.05) is 19.1 Å². The zero-order valence-corrected chi connectivity index (χ0v) is 23.5. The van der Waals surface area contributed by atoms with E-state index in [-0.39, 0.29) is 23.0 Å². The largest absolute Gasteiger partial charge is 0.506 e. The minimum Gasteiger partial charge on any atom is -0.506 e. The van der Waals surface area contributed by atoms with Crippen molar-refractivity contribution in [3.05, 3.63) is 95.0 Å². The number of aromatic nitrogens is 3. The highest BCUT2D eigenvalue weighted by atomic mass is 16.5. The molecule has 8 heteroatoms. The Hall–Kier alpha value is -4.46. The highest BCUT2D eigenvalue weighted by Gasteiger charge is 2.43. The van der Waals surface area contributed by atoms with Crippen LogP contribution in [0.3, 0.4) is 0 Å². The molecule has 212 valence electrons. The second kappa shape index (κ2) is 12.0. The van der Waals surface area contributed by atoms with Gasteiger partial charge in [-0.1, -0.05) is 49.3 Å². The lowest BCUT2D eigenvalue weighted by atomic mass is 9.59. The molecule has 2 N–H and O–H groups in total. The van der Waals surface area contributed by atoms with Gasteiger partial charge in [0.05, 0.1) is 6.33 Å². The number of carbonyl (C=O) groups is 2. The molecule has 0 saturated heterocycles. The van der Waals surface area contributed by atoms with Crippen molar-refractivity contribution in [1.82, 2.24) is 14.5 Å². The first-order chi connectivity index (χ1) is 19.8. The van der Waals surface area contributed by atoms with E-state index in [2.05, 4.69) is 29.9 Å². The van der Waals surface area contributed by atoms with Crippen LogP contribution in [-0.2, 0) is 4.79 Å². The van der Waals surface area contributed by atoms with Crippen LogP contribution < -0.4 is 10.3 Å². The molecule has 41 heavy (non-hydrogen) atoms. The number of nitrogens with zero attached hydrogens (tertiary/aromatic N) is 2. The second-order valence-corrected chi connectivity index (χ2v) is 11.1. The molecule has 3 aromatic rings. The Bertz CT molecular complexity index is 1560. The average Bonchev–Trinajstić information content (AvgIpc) is 3.48. The molecule has 2 aromatic heterocycles. The fourth-order valence-corrected chi connectivity index (χ4v) is 6.43. The van der Waals surface area contributed by atoms with E-state index in [0.29, 0.717) is 34.6 Å². The topological polar surface area (TPSA) is 114 Å². The van der Waals surface area contributed by atoms with Crippen molar-refractivity contribution in [2.75, 3.05) is 0 Å². The Morgan fingerprint density at radius 3 is 2.68 bits per heavy atom. The van der Waals surface area contributed by atoms with E-state index in [0.717, 1.165) is 12.8 Å². The van der Waals surface area contributed by atoms with Gasteiger partial charge in [-0.3, -0.25) is 9.59 Å². The maximum Gasteiger partial charge on any atom is 0.337 e. The zero-order chi connectivity index (χ0) is 29.1. The summed E-state index contributed by atoms with van der Waals surface area (Å²) in [5.41, 5.74) is 1.22. The van der Waals surface area contributed by atoms with Gasteiger partial charge in [0, 0.05) is 42.3 Å². The molecular weight excluding hydrogens is 518 g/mol. The third kappa shape index (κ3) is 5.87. The summed E-state index contributed by atoms with van der Waals surface area (Å²) >= 11 is 0. The van der Waals surface area contributed by atoms with Crippen LogP contribution in [0.5, 0.6) is 11.5 Å². The minimum absolute atomic E-state index is 0.0387. The summed E-state index contributed by atoms with van der Waals surface area (Å²) < 4.78 is 6.96. The number of esters is 1. The van der Waals surface area contributed by atoms with Gasteiger partial charge in [0.2, 0.25) is 0 Å². The van der Waals surface area contributed by atoms with Gasteiger partial charge in [0.1, 0.15) is 17.1 Å². The predicted molar refractivity (Wildman–Crippen MR) is 157 cm³/mol. The molecule has 5 atom stereocenters. The fourth-order valence-electron chi connectivity index (χ4n) is 6.43. The molecule has 2 heterocycles. The highest BCUT2D eigenvalue weighted by Crippen LogP contribution is 2.49. The molecule has 0 radical (unpaired) electrons. The number of ketones is 1. The molecular formula is C33H35N3O5. The number of pyridine rings is 1. The molecule has 2 aliphatic rings. The van der Waals surface area contributed by atoms with E-state index < -0.39 is 17.4 Å². The summed E-state index contributed by atoms with van der Waals surface area (Å²) in [6.07, 6.45) is 18.5. The van der Waals surface area contributed by atoms with E-state index in [9.17, 15) is 19.5 Å². The number of carbonyl (C=O) groups excluding carboxylic acids is 2. The van der Waals surface area contributed by atoms with Crippen LogP contribution in [0.2, 0.25) is 0 Å². The Morgan fingerprint density at radius 2 is 1.98 bits per heavy atom. The van der Waals surface area contributed by atoms with Crippen molar-refractivity contribution in [3.63, 3.8) is 0 Å². The number of rotatable bonds is 7. The number of aromatic hydroxyl groups is 1. The lowest BCUT2D eigenvalue weighted by Gasteiger charge is -2.45. The lowest BCUT2D eigenvalue weighted by molar-refractivity contribution is -0.128. The molecule has 1 fully saturated rings. The van der Waals surface area contributed by atoms with Crippen molar-refractivity contribution in [1.29, 1.82) is 0 Å². The van der Waals surface area contributed by atoms with Gasteiger partial charge in [-0.15, -0.1) is 0 Å². The number of hydrogen-bond acceptors (Lipinski definition) is 6. The van der Waals surface area contributed by atoms with Crippen molar-refractivity contribution in [2.45, 2.75) is 40.0 Å². The Kier molecular flexibility index (Phi) is 8.19. The van der Waals surface area contributed by atoms with Gasteiger partial charge in [0.25, 0.3) is 5.56 Å². The van der Waals surface area contributed by atoms with Crippen molar-refractivity contribution in [3.8, 4) is 22.6 Å². The van der Waals surface area contributed by atoms with Gasteiger partial charge < -0.3 is 19.4 Å². The van der Waals surface area contributed by atoms with Gasteiger partial charge in [0.15, 0.2) is 5.78 Å². The van der Waals surface area contributed by atoms with E-state index in [1.165, 1.54) is 30.5 Å². The van der Waals surface area contributed by atoms with Crippen molar-refractivity contribution < 1.29 is 19.4 Å². The van der Waals surface area contributed by atoms with Crippen LogP contribution in [0.4, 0.5) is 0 Å². The van der Waals surface area contributed by atoms with E-state index in [4.69, 9.17) is 4.74 Å². The van der Waals surface area contributed by atoms with Crippen LogP contribution in [0, 0.1) is 29.6 Å². The number of nitrogens with one attached hydrogen (secondary N) is 1. The van der Waals surface area contributed by atoms with Crippen LogP contribution in [0.25, 0.3) is 17.3 Å². The van der Waals surface area contributed by atoms with E-state index >= 15 is 0 Å². The standard InChI is InChI=1S/C33H35N3O5/c1-4-5-25-26-16-20(2)6-11-24(26)21(3)17-27(25)31(38)30-32(39)28(18-35-33(30)40)22-7-9-23(10-8-22)41-29(37)12-14-36-15-13-34-19-36/h4-5,7-10,12-15,17-20,24-27H,6,11,16H2,1-3H3,(H2,35,39,40)/b5-4+,14-12+/t20-,24+,25+,26-,27+/m0/s1. The first kappa shape index (κ1) is 28.1. The van der Waals surface area contributed by atoms with Gasteiger partial charge >= 0.3 is 5.97 Å². The first-order valence-corrected chi connectivity index (χ1v) is 14.0. The predicted octanol–water partition coefficient (Wildman–Crippen LogP) is 6.02. The summed E-state index contributed by atoms with van der Waals surface area (Å²) in [6, 6.07) is 6.49. The Labute approximate surface area is 239 Å². The van der Waals surface area contributed by atoms with Crippen molar-refractivity contribution >= 4 is 18.0 Å². The number of hydrogen-bond donors (Lipinski definition) is 2. The molecule has 0 amide bonds. The number of Topliss-reactive ketones (excluding diaryl/α,β-unsaturated/α-hetero) is 1. The van der Waals surface area contributed by atoms with Crippen LogP contribution >= 0.6 is 0 Å². The molecule has 1 aromatic carbocycles.